The normalized spacial score (nSPS) is 22.7. The van der Waals surface area contributed by atoms with Crippen molar-refractivity contribution in [1.82, 2.24) is 10.2 Å². The third kappa shape index (κ3) is 4.18. The molecule has 1 atom stereocenters. The van der Waals surface area contributed by atoms with E-state index in [0.29, 0.717) is 44.2 Å². The van der Waals surface area contributed by atoms with Gasteiger partial charge in [-0.25, -0.2) is 4.99 Å². The lowest BCUT2D eigenvalue weighted by atomic mass is 10.0. The molecular formula is C22H23F3N4O. The molecule has 1 amide bonds. The molecule has 1 unspecified atom stereocenters. The lowest BCUT2D eigenvalue weighted by molar-refractivity contribution is -0.137. The van der Waals surface area contributed by atoms with Crippen LogP contribution in [0.2, 0.25) is 0 Å². The number of carbonyl (C=O) groups excluding carboxylic acids is 1. The van der Waals surface area contributed by atoms with Crippen LogP contribution in [0.1, 0.15) is 18.1 Å². The Kier molecular flexibility index (Phi) is 5.27. The van der Waals surface area contributed by atoms with E-state index < -0.39 is 17.3 Å². The van der Waals surface area contributed by atoms with Crippen LogP contribution in [-0.2, 0) is 11.0 Å². The van der Waals surface area contributed by atoms with Crippen molar-refractivity contribution in [2.75, 3.05) is 37.6 Å². The molecule has 4 rings (SSSR count). The fourth-order valence-corrected chi connectivity index (χ4v) is 3.89. The Morgan fingerprint density at radius 3 is 2.40 bits per heavy atom. The summed E-state index contributed by atoms with van der Waals surface area (Å²) < 4.78 is 38.9. The molecule has 0 saturated carbocycles. The van der Waals surface area contributed by atoms with E-state index in [0.717, 1.165) is 11.6 Å². The molecule has 158 valence electrons. The first-order chi connectivity index (χ1) is 14.2. The maximum atomic E-state index is 13.0. The number of nitrogens with one attached hydrogen (secondary N) is 1. The zero-order chi connectivity index (χ0) is 21.4. The van der Waals surface area contributed by atoms with Crippen LogP contribution in [-0.4, -0.2) is 54.9 Å². The van der Waals surface area contributed by atoms with Crippen molar-refractivity contribution in [3.63, 3.8) is 0 Å². The molecule has 2 aliphatic heterocycles. The van der Waals surface area contributed by atoms with Gasteiger partial charge in [-0.1, -0.05) is 36.4 Å². The van der Waals surface area contributed by atoms with Crippen molar-refractivity contribution in [3.8, 4) is 0 Å². The number of aliphatic imine (C=N–C) groups is 1. The number of amides is 1. The molecule has 0 spiro atoms. The van der Waals surface area contributed by atoms with E-state index >= 15 is 0 Å². The van der Waals surface area contributed by atoms with Gasteiger partial charge in [-0.15, -0.1) is 0 Å². The first-order valence-corrected chi connectivity index (χ1v) is 9.86. The topological polar surface area (TPSA) is 47.9 Å². The highest BCUT2D eigenvalue weighted by Gasteiger charge is 2.41. The summed E-state index contributed by atoms with van der Waals surface area (Å²) in [6.07, 6.45) is -4.35. The number of benzene rings is 2. The minimum absolute atomic E-state index is 0.137. The van der Waals surface area contributed by atoms with E-state index in [9.17, 15) is 18.0 Å². The van der Waals surface area contributed by atoms with Gasteiger partial charge in [0.1, 0.15) is 5.84 Å². The van der Waals surface area contributed by atoms with Crippen LogP contribution < -0.4 is 10.2 Å². The number of nitrogens with zero attached hydrogens (tertiary/aromatic N) is 3. The third-order valence-corrected chi connectivity index (χ3v) is 5.57. The van der Waals surface area contributed by atoms with Gasteiger partial charge >= 0.3 is 6.18 Å². The highest BCUT2D eigenvalue weighted by molar-refractivity contribution is 6.15. The fraction of sp³-hybridized carbons (Fsp3) is 0.364. The molecule has 1 saturated heterocycles. The van der Waals surface area contributed by atoms with Gasteiger partial charge in [-0.2, -0.15) is 13.2 Å². The second kappa shape index (κ2) is 7.75. The molecule has 1 fully saturated rings. The average molecular weight is 416 g/mol. The molecule has 1 N–H and O–H groups in total. The minimum Gasteiger partial charge on any atom is -0.369 e. The highest BCUT2D eigenvalue weighted by atomic mass is 19.4. The summed E-state index contributed by atoms with van der Waals surface area (Å²) in [5, 5.41) is 2.87. The molecule has 2 aromatic carbocycles. The zero-order valence-corrected chi connectivity index (χ0v) is 16.6. The molecule has 2 aromatic rings. The molecule has 0 radical (unpaired) electrons. The molecule has 0 aromatic heterocycles. The number of alkyl halides is 3. The van der Waals surface area contributed by atoms with Gasteiger partial charge in [0.25, 0.3) is 5.91 Å². The van der Waals surface area contributed by atoms with Crippen molar-refractivity contribution < 1.29 is 18.0 Å². The van der Waals surface area contributed by atoms with Gasteiger partial charge in [-0.3, -0.25) is 9.69 Å². The van der Waals surface area contributed by atoms with Crippen LogP contribution in [0, 0.1) is 0 Å². The summed E-state index contributed by atoms with van der Waals surface area (Å²) in [5.41, 5.74) is -0.0910. The lowest BCUT2D eigenvalue weighted by Crippen LogP contribution is -2.53. The summed E-state index contributed by atoms with van der Waals surface area (Å²) in [5.74, 6) is 0.437. The van der Waals surface area contributed by atoms with Crippen LogP contribution in [0.4, 0.5) is 18.9 Å². The number of hydrogen-bond donors (Lipinski definition) is 1. The predicted molar refractivity (Wildman–Crippen MR) is 110 cm³/mol. The van der Waals surface area contributed by atoms with Crippen molar-refractivity contribution in [2.45, 2.75) is 18.6 Å². The number of hydrogen-bond acceptors (Lipinski definition) is 4. The van der Waals surface area contributed by atoms with Crippen molar-refractivity contribution in [2.24, 2.45) is 4.99 Å². The van der Waals surface area contributed by atoms with Crippen LogP contribution in [0.15, 0.2) is 59.6 Å². The van der Waals surface area contributed by atoms with Gasteiger partial charge in [0.05, 0.1) is 5.56 Å². The Morgan fingerprint density at radius 1 is 1.03 bits per heavy atom. The molecule has 5 nitrogen and oxygen atoms in total. The fourth-order valence-electron chi connectivity index (χ4n) is 3.89. The van der Waals surface area contributed by atoms with Crippen LogP contribution in [0.5, 0.6) is 0 Å². The van der Waals surface area contributed by atoms with Gasteiger partial charge in [-0.05, 0) is 25.1 Å². The third-order valence-electron chi connectivity index (χ3n) is 5.57. The van der Waals surface area contributed by atoms with Crippen LogP contribution >= 0.6 is 0 Å². The number of carbonyl (C=O) groups is 1. The molecule has 8 heteroatoms. The summed E-state index contributed by atoms with van der Waals surface area (Å²) in [7, 11) is 0. The Hall–Kier alpha value is -2.87. The van der Waals surface area contributed by atoms with E-state index in [4.69, 9.17) is 0 Å². The SMILES string of the molecule is CC1(CN2CCN(c3cccc(C(F)(F)F)c3)CC2)N=C(c2ccccc2)NC1=O. The van der Waals surface area contributed by atoms with Gasteiger partial charge in [0.15, 0.2) is 5.54 Å². The predicted octanol–water partition coefficient (Wildman–Crippen LogP) is 3.16. The zero-order valence-electron chi connectivity index (χ0n) is 16.6. The molecule has 2 heterocycles. The number of anilines is 1. The molecule has 2 aliphatic rings. The van der Waals surface area contributed by atoms with Gasteiger partial charge in [0.2, 0.25) is 0 Å². The second-order valence-corrected chi connectivity index (χ2v) is 7.87. The monoisotopic (exact) mass is 416 g/mol. The quantitative estimate of drug-likeness (QED) is 0.833. The number of amidine groups is 1. The van der Waals surface area contributed by atoms with Crippen LogP contribution in [0.3, 0.4) is 0 Å². The number of halogens is 3. The Labute approximate surface area is 173 Å². The summed E-state index contributed by atoms with van der Waals surface area (Å²) >= 11 is 0. The number of piperazine rings is 1. The van der Waals surface area contributed by atoms with E-state index in [1.165, 1.54) is 12.1 Å². The summed E-state index contributed by atoms with van der Waals surface area (Å²) in [6, 6.07) is 14.9. The highest BCUT2D eigenvalue weighted by Crippen LogP contribution is 2.32. The van der Waals surface area contributed by atoms with E-state index in [1.54, 1.807) is 6.07 Å². The lowest BCUT2D eigenvalue weighted by Gasteiger charge is -2.38. The average Bonchev–Trinajstić information content (AvgIpc) is 3.03. The molecule has 0 bridgehead atoms. The Bertz CT molecular complexity index is 952. The first-order valence-electron chi connectivity index (χ1n) is 9.86. The van der Waals surface area contributed by atoms with Gasteiger partial charge in [0, 0.05) is 44.0 Å². The summed E-state index contributed by atoms with van der Waals surface area (Å²) in [6.45, 7) is 4.76. The maximum absolute atomic E-state index is 13.0. The van der Waals surface area contributed by atoms with Crippen molar-refractivity contribution in [3.05, 3.63) is 65.7 Å². The van der Waals surface area contributed by atoms with Crippen molar-refractivity contribution >= 4 is 17.4 Å². The minimum atomic E-state index is -4.35. The Balaban J connectivity index is 1.40. The second-order valence-electron chi connectivity index (χ2n) is 7.87. The van der Waals surface area contributed by atoms with Crippen molar-refractivity contribution in [1.29, 1.82) is 0 Å². The van der Waals surface area contributed by atoms with E-state index in [2.05, 4.69) is 15.2 Å². The van der Waals surface area contributed by atoms with E-state index in [1.807, 2.05) is 42.2 Å². The molecule has 30 heavy (non-hydrogen) atoms. The maximum Gasteiger partial charge on any atom is 0.416 e. The largest absolute Gasteiger partial charge is 0.416 e. The Morgan fingerprint density at radius 2 is 1.73 bits per heavy atom. The van der Waals surface area contributed by atoms with Crippen LogP contribution in [0.25, 0.3) is 0 Å². The number of rotatable bonds is 4. The van der Waals surface area contributed by atoms with Gasteiger partial charge < -0.3 is 10.2 Å². The summed E-state index contributed by atoms with van der Waals surface area (Å²) in [4.78, 5) is 21.3. The van der Waals surface area contributed by atoms with E-state index in [-0.39, 0.29) is 5.91 Å². The smallest absolute Gasteiger partial charge is 0.369 e. The standard InChI is InChI=1S/C22H23F3N4O/c1-21(20(30)26-19(27-21)16-6-3-2-4-7-16)15-28-10-12-29(13-11-28)18-9-5-8-17(14-18)22(23,24)25/h2-9,14H,10-13,15H2,1H3,(H,26,27,30). The molecule has 0 aliphatic carbocycles. The molecular weight excluding hydrogens is 393 g/mol. The first kappa shape index (κ1) is 20.4.